The van der Waals surface area contributed by atoms with Crippen molar-refractivity contribution >= 4 is 5.91 Å². The van der Waals surface area contributed by atoms with E-state index >= 15 is 0 Å². The van der Waals surface area contributed by atoms with E-state index in [-0.39, 0.29) is 11.9 Å². The summed E-state index contributed by atoms with van der Waals surface area (Å²) in [6.45, 7) is 1.90. The summed E-state index contributed by atoms with van der Waals surface area (Å²) < 4.78 is 0. The van der Waals surface area contributed by atoms with Crippen molar-refractivity contribution in [2.75, 3.05) is 13.1 Å². The van der Waals surface area contributed by atoms with Gasteiger partial charge in [0.2, 0.25) is 5.91 Å². The molecule has 1 atom stereocenters. The Morgan fingerprint density at radius 2 is 1.71 bits per heavy atom. The van der Waals surface area contributed by atoms with Crippen LogP contribution in [0.4, 0.5) is 0 Å². The van der Waals surface area contributed by atoms with Gasteiger partial charge < -0.3 is 10.6 Å². The van der Waals surface area contributed by atoms with Crippen LogP contribution in [0.15, 0.2) is 0 Å². The second-order valence-corrected chi connectivity index (χ2v) is 5.61. The van der Waals surface area contributed by atoms with Gasteiger partial charge in [-0.25, -0.2) is 0 Å². The van der Waals surface area contributed by atoms with E-state index in [0.717, 1.165) is 31.8 Å². The average Bonchev–Trinajstić information content (AvgIpc) is 2.80. The number of carbonyl (C=O) groups is 1. The van der Waals surface area contributed by atoms with Crippen molar-refractivity contribution in [1.82, 2.24) is 10.6 Å². The molecule has 0 aromatic heterocycles. The molecule has 2 rings (SSSR count). The lowest BCUT2D eigenvalue weighted by molar-refractivity contribution is -0.123. The lowest BCUT2D eigenvalue weighted by Crippen LogP contribution is -2.42. The molecule has 2 aliphatic rings. The maximum absolute atomic E-state index is 11.9. The summed E-state index contributed by atoms with van der Waals surface area (Å²) in [6.07, 6.45) is 11.6. The van der Waals surface area contributed by atoms with Gasteiger partial charge in [-0.15, -0.1) is 0 Å². The number of hydrogen-bond acceptors (Lipinski definition) is 2. The molecule has 0 bridgehead atoms. The van der Waals surface area contributed by atoms with E-state index < -0.39 is 0 Å². The summed E-state index contributed by atoms with van der Waals surface area (Å²) >= 11 is 0. The van der Waals surface area contributed by atoms with Crippen molar-refractivity contribution in [2.24, 2.45) is 5.92 Å². The van der Waals surface area contributed by atoms with Crippen LogP contribution in [0.1, 0.15) is 57.8 Å². The number of amides is 1. The van der Waals surface area contributed by atoms with E-state index in [0.29, 0.717) is 0 Å². The summed E-state index contributed by atoms with van der Waals surface area (Å²) in [6, 6.07) is 0.0866. The molecule has 0 aromatic carbocycles. The van der Waals surface area contributed by atoms with E-state index in [4.69, 9.17) is 0 Å². The summed E-state index contributed by atoms with van der Waals surface area (Å²) in [7, 11) is 0. The van der Waals surface area contributed by atoms with Gasteiger partial charge >= 0.3 is 0 Å². The minimum Gasteiger partial charge on any atom is -0.354 e. The highest BCUT2D eigenvalue weighted by molar-refractivity contribution is 5.81. The smallest absolute Gasteiger partial charge is 0.237 e. The third-order valence-electron chi connectivity index (χ3n) is 4.17. The molecule has 17 heavy (non-hydrogen) atoms. The van der Waals surface area contributed by atoms with Crippen LogP contribution in [0.3, 0.4) is 0 Å². The van der Waals surface area contributed by atoms with Crippen LogP contribution in [0.25, 0.3) is 0 Å². The fraction of sp³-hybridized carbons (Fsp3) is 0.929. The van der Waals surface area contributed by atoms with Gasteiger partial charge in [-0.1, -0.05) is 32.1 Å². The first-order valence-corrected chi connectivity index (χ1v) is 7.37. The molecule has 0 spiro atoms. The second kappa shape index (κ2) is 7.00. The number of nitrogens with one attached hydrogen (secondary N) is 2. The van der Waals surface area contributed by atoms with E-state index in [1.54, 1.807) is 0 Å². The van der Waals surface area contributed by atoms with Crippen LogP contribution in [-0.4, -0.2) is 25.0 Å². The van der Waals surface area contributed by atoms with E-state index in [9.17, 15) is 4.79 Å². The molecule has 1 aliphatic carbocycles. The number of carbonyl (C=O) groups excluding carboxylic acids is 1. The van der Waals surface area contributed by atoms with Gasteiger partial charge in [-0.2, -0.15) is 0 Å². The quantitative estimate of drug-likeness (QED) is 0.791. The molecule has 2 fully saturated rings. The molecule has 1 amide bonds. The minimum absolute atomic E-state index is 0.0866. The molecule has 3 nitrogen and oxygen atoms in total. The molecule has 2 N–H and O–H groups in total. The average molecular weight is 238 g/mol. The predicted octanol–water partition coefficient (Wildman–Crippen LogP) is 2.22. The van der Waals surface area contributed by atoms with E-state index in [1.165, 1.54) is 44.9 Å². The van der Waals surface area contributed by atoms with Crippen LogP contribution in [0.2, 0.25) is 0 Å². The standard InChI is InChI=1S/C14H26N2O/c17-14(13-9-6-10-15-13)16-11-12-7-4-2-1-3-5-8-12/h12-13,15H,1-11H2,(H,16,17). The first-order valence-electron chi connectivity index (χ1n) is 7.37. The van der Waals surface area contributed by atoms with Crippen LogP contribution in [0, 0.1) is 5.92 Å². The highest BCUT2D eigenvalue weighted by Crippen LogP contribution is 2.21. The highest BCUT2D eigenvalue weighted by Gasteiger charge is 2.22. The zero-order valence-electron chi connectivity index (χ0n) is 10.8. The lowest BCUT2D eigenvalue weighted by atomic mass is 9.91. The third kappa shape index (κ3) is 4.30. The molecule has 1 saturated heterocycles. The SMILES string of the molecule is O=C(NCC1CCCCCCC1)C1CCCN1. The minimum atomic E-state index is 0.0866. The fourth-order valence-corrected chi connectivity index (χ4v) is 3.02. The Labute approximate surface area is 105 Å². The van der Waals surface area contributed by atoms with E-state index in [1.807, 2.05) is 0 Å². The lowest BCUT2D eigenvalue weighted by Gasteiger charge is -2.21. The first-order chi connectivity index (χ1) is 8.36. The zero-order chi connectivity index (χ0) is 11.9. The van der Waals surface area contributed by atoms with Gasteiger partial charge in [0.05, 0.1) is 6.04 Å². The molecule has 98 valence electrons. The Morgan fingerprint density at radius 1 is 1.00 bits per heavy atom. The van der Waals surface area contributed by atoms with Gasteiger partial charge in [-0.3, -0.25) is 4.79 Å². The van der Waals surface area contributed by atoms with Gasteiger partial charge in [0.25, 0.3) is 0 Å². The van der Waals surface area contributed by atoms with Crippen LogP contribution < -0.4 is 10.6 Å². The normalized spacial score (nSPS) is 27.4. The summed E-state index contributed by atoms with van der Waals surface area (Å²) in [4.78, 5) is 11.9. The Balaban J connectivity index is 1.66. The second-order valence-electron chi connectivity index (χ2n) is 5.61. The molecule has 1 heterocycles. The summed E-state index contributed by atoms with van der Waals surface area (Å²) in [5.74, 6) is 0.949. The van der Waals surface area contributed by atoms with Crippen LogP contribution in [-0.2, 0) is 4.79 Å². The number of hydrogen-bond donors (Lipinski definition) is 2. The number of rotatable bonds is 3. The molecule has 1 aliphatic heterocycles. The van der Waals surface area contributed by atoms with Gasteiger partial charge in [0.15, 0.2) is 0 Å². The summed E-state index contributed by atoms with van der Waals surface area (Å²) in [5.41, 5.74) is 0. The van der Waals surface area contributed by atoms with E-state index in [2.05, 4.69) is 10.6 Å². The zero-order valence-corrected chi connectivity index (χ0v) is 10.8. The maximum atomic E-state index is 11.9. The fourth-order valence-electron chi connectivity index (χ4n) is 3.02. The maximum Gasteiger partial charge on any atom is 0.237 e. The first kappa shape index (κ1) is 12.9. The molecular weight excluding hydrogens is 212 g/mol. The van der Waals surface area contributed by atoms with Crippen LogP contribution in [0.5, 0.6) is 0 Å². The van der Waals surface area contributed by atoms with Gasteiger partial charge in [-0.05, 0) is 38.1 Å². The molecule has 1 unspecified atom stereocenters. The van der Waals surface area contributed by atoms with Gasteiger partial charge in [0, 0.05) is 6.54 Å². The van der Waals surface area contributed by atoms with Crippen molar-refractivity contribution in [3.8, 4) is 0 Å². The van der Waals surface area contributed by atoms with Crippen molar-refractivity contribution < 1.29 is 4.79 Å². The Hall–Kier alpha value is -0.570. The van der Waals surface area contributed by atoms with Crippen molar-refractivity contribution in [3.05, 3.63) is 0 Å². The molecule has 0 radical (unpaired) electrons. The van der Waals surface area contributed by atoms with Gasteiger partial charge in [0.1, 0.15) is 0 Å². The highest BCUT2D eigenvalue weighted by atomic mass is 16.2. The monoisotopic (exact) mass is 238 g/mol. The molecule has 3 heteroatoms. The Bertz CT molecular complexity index is 228. The Morgan fingerprint density at radius 3 is 2.35 bits per heavy atom. The molecular formula is C14H26N2O. The van der Waals surface area contributed by atoms with Crippen LogP contribution >= 0.6 is 0 Å². The predicted molar refractivity (Wildman–Crippen MR) is 69.8 cm³/mol. The largest absolute Gasteiger partial charge is 0.354 e. The molecule has 1 saturated carbocycles. The summed E-state index contributed by atoms with van der Waals surface area (Å²) in [5, 5.41) is 6.40. The van der Waals surface area contributed by atoms with Crippen molar-refractivity contribution in [1.29, 1.82) is 0 Å². The third-order valence-corrected chi connectivity index (χ3v) is 4.17. The van der Waals surface area contributed by atoms with Crippen molar-refractivity contribution in [3.63, 3.8) is 0 Å². The molecule has 0 aromatic rings. The topological polar surface area (TPSA) is 41.1 Å². The Kier molecular flexibility index (Phi) is 5.30. The van der Waals surface area contributed by atoms with Crippen molar-refractivity contribution in [2.45, 2.75) is 63.8 Å².